The predicted octanol–water partition coefficient (Wildman–Crippen LogP) is 1.62. The number of Topliss-reactive ketones (excluding diaryl/α,β-unsaturated/α-hetero) is 1. The Morgan fingerprint density at radius 2 is 2.18 bits per heavy atom. The lowest BCUT2D eigenvalue weighted by Crippen LogP contribution is -2.16. The molecule has 1 saturated carbocycles. The van der Waals surface area contributed by atoms with Gasteiger partial charge in [-0.1, -0.05) is 0 Å². The van der Waals surface area contributed by atoms with Crippen LogP contribution >= 0.6 is 0 Å². The molecule has 0 radical (unpaired) electrons. The van der Waals surface area contributed by atoms with E-state index >= 15 is 0 Å². The lowest BCUT2D eigenvalue weighted by Gasteiger charge is -2.04. The zero-order valence-corrected chi connectivity index (χ0v) is 7.18. The number of ketones is 1. The van der Waals surface area contributed by atoms with E-state index in [0.717, 1.165) is 24.8 Å². The topological polar surface area (TPSA) is 29.1 Å². The van der Waals surface area contributed by atoms with Crippen LogP contribution in [0.2, 0.25) is 0 Å². The maximum absolute atomic E-state index is 11.1. The van der Waals surface area contributed by atoms with Gasteiger partial charge in [0, 0.05) is 24.2 Å². The van der Waals surface area contributed by atoms with Crippen LogP contribution in [-0.4, -0.2) is 11.8 Å². The molecule has 2 heteroatoms. The Morgan fingerprint density at radius 3 is 2.64 bits per heavy atom. The zero-order valence-electron chi connectivity index (χ0n) is 7.18. The molecule has 1 aliphatic rings. The van der Waals surface area contributed by atoms with Crippen molar-refractivity contribution < 1.29 is 4.79 Å². The van der Waals surface area contributed by atoms with Crippen LogP contribution < -0.4 is 5.32 Å². The number of carbonyl (C=O) groups is 1. The number of hydrogen-bond acceptors (Lipinski definition) is 2. The number of nitrogens with one attached hydrogen (secondary N) is 1. The fourth-order valence-corrected chi connectivity index (χ4v) is 1.16. The summed E-state index contributed by atoms with van der Waals surface area (Å²) in [6.45, 7) is 4.13. The second-order valence-corrected chi connectivity index (χ2v) is 3.27. The van der Waals surface area contributed by atoms with Crippen molar-refractivity contribution in [2.24, 2.45) is 0 Å². The highest BCUT2D eigenvalue weighted by atomic mass is 16.1. The summed E-state index contributed by atoms with van der Waals surface area (Å²) in [4.78, 5) is 11.1. The summed E-state index contributed by atoms with van der Waals surface area (Å²) in [5, 5.41) is 3.13. The van der Waals surface area contributed by atoms with Crippen LogP contribution in [0.4, 0.5) is 0 Å². The van der Waals surface area contributed by atoms with E-state index in [4.69, 9.17) is 0 Å². The van der Waals surface area contributed by atoms with E-state index in [1.165, 1.54) is 0 Å². The SMILES string of the molecule is CC(C)N/C=C1/CCCC1=O. The largest absolute Gasteiger partial charge is 0.388 e. The maximum atomic E-state index is 11.1. The molecule has 0 aromatic carbocycles. The van der Waals surface area contributed by atoms with E-state index < -0.39 is 0 Å². The van der Waals surface area contributed by atoms with Crippen LogP contribution in [0.25, 0.3) is 0 Å². The molecule has 1 fully saturated rings. The highest BCUT2D eigenvalue weighted by Crippen LogP contribution is 2.19. The van der Waals surface area contributed by atoms with Gasteiger partial charge in [-0.2, -0.15) is 0 Å². The van der Waals surface area contributed by atoms with Gasteiger partial charge in [-0.3, -0.25) is 4.79 Å². The van der Waals surface area contributed by atoms with E-state index in [-0.39, 0.29) is 0 Å². The Bertz CT molecular complexity index is 182. The minimum absolute atomic E-state index is 0.318. The van der Waals surface area contributed by atoms with Gasteiger partial charge in [-0.25, -0.2) is 0 Å². The minimum Gasteiger partial charge on any atom is -0.388 e. The third-order valence-electron chi connectivity index (χ3n) is 1.80. The average Bonchev–Trinajstić information content (AvgIpc) is 2.31. The number of hydrogen-bond donors (Lipinski definition) is 1. The van der Waals surface area contributed by atoms with Gasteiger partial charge in [-0.15, -0.1) is 0 Å². The molecule has 0 amide bonds. The molecule has 0 atom stereocenters. The highest BCUT2D eigenvalue weighted by molar-refractivity contribution is 5.97. The van der Waals surface area contributed by atoms with Crippen LogP contribution in [0.1, 0.15) is 33.1 Å². The van der Waals surface area contributed by atoms with Gasteiger partial charge >= 0.3 is 0 Å². The lowest BCUT2D eigenvalue weighted by molar-refractivity contribution is -0.114. The molecular formula is C9H15NO. The molecule has 0 bridgehead atoms. The van der Waals surface area contributed by atoms with Crippen molar-refractivity contribution in [2.45, 2.75) is 39.2 Å². The van der Waals surface area contributed by atoms with Gasteiger partial charge in [0.2, 0.25) is 0 Å². The molecule has 1 aliphatic carbocycles. The first-order valence-electron chi connectivity index (χ1n) is 4.18. The fraction of sp³-hybridized carbons (Fsp3) is 0.667. The normalized spacial score (nSPS) is 21.7. The van der Waals surface area contributed by atoms with Gasteiger partial charge in [0.1, 0.15) is 0 Å². The molecule has 62 valence electrons. The zero-order chi connectivity index (χ0) is 8.27. The molecule has 1 rings (SSSR count). The quantitative estimate of drug-likeness (QED) is 0.611. The summed E-state index contributed by atoms with van der Waals surface area (Å²) in [5.41, 5.74) is 0.971. The van der Waals surface area contributed by atoms with Crippen LogP contribution in [-0.2, 0) is 4.79 Å². The molecule has 1 N–H and O–H groups in total. The smallest absolute Gasteiger partial charge is 0.160 e. The van der Waals surface area contributed by atoms with E-state index in [1.807, 2.05) is 6.20 Å². The van der Waals surface area contributed by atoms with E-state index in [0.29, 0.717) is 11.8 Å². The molecule has 0 spiro atoms. The van der Waals surface area contributed by atoms with Gasteiger partial charge < -0.3 is 5.32 Å². The summed E-state index contributed by atoms with van der Waals surface area (Å²) in [6, 6.07) is 0.427. The summed E-state index contributed by atoms with van der Waals surface area (Å²) >= 11 is 0. The lowest BCUT2D eigenvalue weighted by atomic mass is 10.2. The third-order valence-corrected chi connectivity index (χ3v) is 1.80. The van der Waals surface area contributed by atoms with Gasteiger partial charge in [-0.05, 0) is 26.7 Å². The van der Waals surface area contributed by atoms with E-state index in [1.54, 1.807) is 0 Å². The van der Waals surface area contributed by atoms with Crippen LogP contribution in [0.5, 0.6) is 0 Å². The Balaban J connectivity index is 2.45. The number of carbonyl (C=O) groups excluding carboxylic acids is 1. The van der Waals surface area contributed by atoms with Crippen LogP contribution in [0, 0.1) is 0 Å². The summed E-state index contributed by atoms with van der Waals surface area (Å²) < 4.78 is 0. The Labute approximate surface area is 67.7 Å². The van der Waals surface area contributed by atoms with Crippen LogP contribution in [0.15, 0.2) is 11.8 Å². The molecule has 0 aromatic rings. The molecule has 0 unspecified atom stereocenters. The van der Waals surface area contributed by atoms with Crippen molar-refractivity contribution >= 4 is 5.78 Å². The Kier molecular flexibility index (Phi) is 2.69. The Morgan fingerprint density at radius 1 is 1.45 bits per heavy atom. The molecule has 0 aliphatic heterocycles. The van der Waals surface area contributed by atoms with Gasteiger partial charge in [0.05, 0.1) is 0 Å². The second kappa shape index (κ2) is 3.56. The van der Waals surface area contributed by atoms with Crippen molar-refractivity contribution in [3.8, 4) is 0 Å². The van der Waals surface area contributed by atoms with E-state index in [9.17, 15) is 4.79 Å². The first kappa shape index (κ1) is 8.31. The average molecular weight is 153 g/mol. The Hall–Kier alpha value is -0.790. The minimum atomic E-state index is 0.318. The first-order chi connectivity index (χ1) is 5.20. The van der Waals surface area contributed by atoms with Crippen molar-refractivity contribution in [3.05, 3.63) is 11.8 Å². The molecule has 0 aromatic heterocycles. The second-order valence-electron chi connectivity index (χ2n) is 3.27. The molecule has 11 heavy (non-hydrogen) atoms. The molecular weight excluding hydrogens is 138 g/mol. The summed E-state index contributed by atoms with van der Waals surface area (Å²) in [5.74, 6) is 0.318. The molecule has 0 saturated heterocycles. The predicted molar refractivity (Wildman–Crippen MR) is 45.2 cm³/mol. The molecule has 2 nitrogen and oxygen atoms in total. The number of rotatable bonds is 2. The maximum Gasteiger partial charge on any atom is 0.160 e. The van der Waals surface area contributed by atoms with Crippen LogP contribution in [0.3, 0.4) is 0 Å². The fourth-order valence-electron chi connectivity index (χ4n) is 1.16. The number of allylic oxidation sites excluding steroid dienone is 1. The van der Waals surface area contributed by atoms with Crippen molar-refractivity contribution in [1.29, 1.82) is 0 Å². The monoisotopic (exact) mass is 153 g/mol. The first-order valence-corrected chi connectivity index (χ1v) is 4.18. The summed E-state index contributed by atoms with van der Waals surface area (Å²) in [7, 11) is 0. The highest BCUT2D eigenvalue weighted by Gasteiger charge is 2.16. The van der Waals surface area contributed by atoms with Gasteiger partial charge in [0.15, 0.2) is 5.78 Å². The van der Waals surface area contributed by atoms with E-state index in [2.05, 4.69) is 19.2 Å². The van der Waals surface area contributed by atoms with Gasteiger partial charge in [0.25, 0.3) is 0 Å². The van der Waals surface area contributed by atoms with Crippen molar-refractivity contribution in [2.75, 3.05) is 0 Å². The standard InChI is InChI=1S/C9H15NO/c1-7(2)10-6-8-4-3-5-9(8)11/h6-7,10H,3-5H2,1-2H3/b8-6-. The van der Waals surface area contributed by atoms with Crippen molar-refractivity contribution in [1.82, 2.24) is 5.32 Å². The summed E-state index contributed by atoms with van der Waals surface area (Å²) in [6.07, 6.45) is 4.61. The third kappa shape index (κ3) is 2.37. The van der Waals surface area contributed by atoms with Crippen molar-refractivity contribution in [3.63, 3.8) is 0 Å². The molecule has 0 heterocycles.